The maximum absolute atomic E-state index is 11.4. The molecule has 6 nitrogen and oxygen atoms in total. The van der Waals surface area contributed by atoms with Gasteiger partial charge in [0.15, 0.2) is 5.96 Å². The van der Waals surface area contributed by atoms with E-state index in [1.54, 1.807) is 12.1 Å². The van der Waals surface area contributed by atoms with Gasteiger partial charge in [-0.25, -0.2) is 18.5 Å². The lowest BCUT2D eigenvalue weighted by atomic mass is 10.1. The molecule has 0 radical (unpaired) electrons. The third kappa shape index (κ3) is 10.7. The summed E-state index contributed by atoms with van der Waals surface area (Å²) < 4.78 is 22.8. The molecule has 0 heterocycles. The van der Waals surface area contributed by atoms with Gasteiger partial charge in [-0.3, -0.25) is 0 Å². The molecular formula is C17H31IN4O2S. The summed E-state index contributed by atoms with van der Waals surface area (Å²) in [5.41, 5.74) is 0.804. The van der Waals surface area contributed by atoms with Crippen molar-refractivity contribution in [1.82, 2.24) is 10.6 Å². The lowest BCUT2D eigenvalue weighted by Gasteiger charge is -2.12. The Bertz CT molecular complexity index is 633. The van der Waals surface area contributed by atoms with E-state index >= 15 is 0 Å². The van der Waals surface area contributed by atoms with Gasteiger partial charge in [-0.05, 0) is 37.0 Å². The van der Waals surface area contributed by atoms with E-state index in [0.717, 1.165) is 37.0 Å². The van der Waals surface area contributed by atoms with E-state index < -0.39 is 10.0 Å². The first-order valence-corrected chi connectivity index (χ1v) is 10.0. The molecular weight excluding hydrogens is 451 g/mol. The molecule has 0 aliphatic heterocycles. The van der Waals surface area contributed by atoms with Crippen LogP contribution in [0.5, 0.6) is 0 Å². The zero-order chi connectivity index (χ0) is 18.0. The summed E-state index contributed by atoms with van der Waals surface area (Å²) in [6, 6.07) is 6.56. The molecule has 0 aromatic heterocycles. The van der Waals surface area contributed by atoms with E-state index in [2.05, 4.69) is 29.5 Å². The van der Waals surface area contributed by atoms with Crippen LogP contribution in [-0.4, -0.2) is 27.5 Å². The van der Waals surface area contributed by atoms with Gasteiger partial charge in [0.1, 0.15) is 0 Å². The molecule has 4 N–H and O–H groups in total. The summed E-state index contributed by atoms with van der Waals surface area (Å²) in [6.45, 7) is 8.51. The van der Waals surface area contributed by atoms with E-state index in [0.29, 0.717) is 6.54 Å². The van der Waals surface area contributed by atoms with Crippen LogP contribution in [0.3, 0.4) is 0 Å². The molecule has 0 aliphatic rings. The summed E-state index contributed by atoms with van der Waals surface area (Å²) in [7, 11) is -3.68. The molecule has 1 rings (SSSR count). The van der Waals surface area contributed by atoms with Crippen LogP contribution in [0.4, 0.5) is 0 Å². The number of unbranched alkanes of at least 4 members (excludes halogenated alkanes) is 1. The lowest BCUT2D eigenvalue weighted by molar-refractivity contribution is 0.534. The average Bonchev–Trinajstić information content (AvgIpc) is 2.51. The Morgan fingerprint density at radius 2 is 1.96 bits per heavy atom. The molecule has 0 saturated heterocycles. The zero-order valence-corrected chi connectivity index (χ0v) is 18.4. The van der Waals surface area contributed by atoms with Crippen LogP contribution in [0.15, 0.2) is 34.2 Å². The van der Waals surface area contributed by atoms with Crippen molar-refractivity contribution < 1.29 is 8.42 Å². The number of hydrogen-bond donors (Lipinski definition) is 3. The largest absolute Gasteiger partial charge is 0.357 e. The van der Waals surface area contributed by atoms with Crippen LogP contribution in [0.2, 0.25) is 0 Å². The molecule has 0 bridgehead atoms. The van der Waals surface area contributed by atoms with Gasteiger partial charge in [0.05, 0.1) is 11.4 Å². The fraction of sp³-hybridized carbons (Fsp3) is 0.588. The summed E-state index contributed by atoms with van der Waals surface area (Å²) >= 11 is 0. The Balaban J connectivity index is 0.00000576. The summed E-state index contributed by atoms with van der Waals surface area (Å²) in [5.74, 6) is 1.47. The highest BCUT2D eigenvalue weighted by Crippen LogP contribution is 2.10. The molecule has 0 fully saturated rings. The highest BCUT2D eigenvalue weighted by molar-refractivity contribution is 14.0. The quantitative estimate of drug-likeness (QED) is 0.218. The van der Waals surface area contributed by atoms with E-state index in [-0.39, 0.29) is 28.9 Å². The Morgan fingerprint density at radius 1 is 1.24 bits per heavy atom. The molecule has 0 spiro atoms. The summed E-state index contributed by atoms with van der Waals surface area (Å²) in [6.07, 6.45) is 3.53. The molecule has 0 unspecified atom stereocenters. The topological polar surface area (TPSA) is 96.6 Å². The Morgan fingerprint density at radius 3 is 2.56 bits per heavy atom. The van der Waals surface area contributed by atoms with Crippen molar-refractivity contribution >= 4 is 40.0 Å². The number of benzene rings is 1. The van der Waals surface area contributed by atoms with Crippen molar-refractivity contribution in [3.05, 3.63) is 29.8 Å². The third-order valence-corrected chi connectivity index (χ3v) is 4.40. The smallest absolute Gasteiger partial charge is 0.238 e. The number of nitrogens with zero attached hydrogens (tertiary/aromatic N) is 1. The van der Waals surface area contributed by atoms with E-state index in [9.17, 15) is 8.42 Å². The van der Waals surface area contributed by atoms with Crippen LogP contribution in [0, 0.1) is 5.92 Å². The number of halogens is 1. The van der Waals surface area contributed by atoms with E-state index in [1.165, 1.54) is 18.9 Å². The maximum atomic E-state index is 11.4. The SMILES string of the molecule is CCNC(=NCc1cccc(S(N)(=O)=O)c1)NCCCCC(C)C.I. The Kier molecular flexibility index (Phi) is 12.0. The van der Waals surface area contributed by atoms with Gasteiger partial charge in [0.25, 0.3) is 0 Å². The van der Waals surface area contributed by atoms with E-state index in [1.807, 2.05) is 13.0 Å². The lowest BCUT2D eigenvalue weighted by Crippen LogP contribution is -2.37. The third-order valence-electron chi connectivity index (χ3n) is 3.49. The van der Waals surface area contributed by atoms with Crippen molar-refractivity contribution in [1.29, 1.82) is 0 Å². The fourth-order valence-corrected chi connectivity index (χ4v) is 2.80. The normalized spacial score (nSPS) is 12.0. The van der Waals surface area contributed by atoms with Crippen molar-refractivity contribution in [2.45, 2.75) is 51.5 Å². The van der Waals surface area contributed by atoms with Crippen molar-refractivity contribution in [3.8, 4) is 0 Å². The number of nitrogens with two attached hydrogens (primary N) is 1. The van der Waals surface area contributed by atoms with Crippen molar-refractivity contribution in [2.24, 2.45) is 16.0 Å². The first kappa shape index (κ1) is 24.1. The van der Waals surface area contributed by atoms with Crippen LogP contribution in [-0.2, 0) is 16.6 Å². The van der Waals surface area contributed by atoms with Gasteiger partial charge in [0, 0.05) is 13.1 Å². The highest BCUT2D eigenvalue weighted by atomic mass is 127. The van der Waals surface area contributed by atoms with Gasteiger partial charge >= 0.3 is 0 Å². The number of nitrogens with one attached hydrogen (secondary N) is 2. The predicted molar refractivity (Wildman–Crippen MR) is 115 cm³/mol. The average molecular weight is 482 g/mol. The molecule has 8 heteroatoms. The number of guanidine groups is 1. The van der Waals surface area contributed by atoms with Gasteiger partial charge in [-0.15, -0.1) is 24.0 Å². The van der Waals surface area contributed by atoms with Gasteiger partial charge in [-0.2, -0.15) is 0 Å². The van der Waals surface area contributed by atoms with Gasteiger partial charge in [0.2, 0.25) is 10.0 Å². The summed E-state index contributed by atoms with van der Waals surface area (Å²) in [5, 5.41) is 11.7. The second kappa shape index (κ2) is 12.5. The maximum Gasteiger partial charge on any atom is 0.238 e. The van der Waals surface area contributed by atoms with Crippen molar-refractivity contribution in [3.63, 3.8) is 0 Å². The Hall–Kier alpha value is -0.870. The second-order valence-electron chi connectivity index (χ2n) is 6.20. The molecule has 144 valence electrons. The van der Waals surface area contributed by atoms with Crippen LogP contribution in [0.25, 0.3) is 0 Å². The minimum atomic E-state index is -3.68. The van der Waals surface area contributed by atoms with Crippen molar-refractivity contribution in [2.75, 3.05) is 13.1 Å². The standard InChI is InChI=1S/C17H30N4O2S.HI/c1-4-19-17(20-11-6-5-8-14(2)3)21-13-15-9-7-10-16(12-15)24(18,22)23;/h7,9-10,12,14H,4-6,8,11,13H2,1-3H3,(H2,18,22,23)(H2,19,20,21);1H. The number of rotatable bonds is 9. The van der Waals surface area contributed by atoms with E-state index in [4.69, 9.17) is 5.14 Å². The molecule has 0 amide bonds. The molecule has 0 saturated carbocycles. The zero-order valence-electron chi connectivity index (χ0n) is 15.3. The summed E-state index contributed by atoms with van der Waals surface area (Å²) in [4.78, 5) is 4.61. The Labute approximate surface area is 169 Å². The van der Waals surface area contributed by atoms with Gasteiger partial charge in [-0.1, -0.05) is 38.8 Å². The number of sulfonamides is 1. The molecule has 0 aliphatic carbocycles. The minimum absolute atomic E-state index is 0. The monoisotopic (exact) mass is 482 g/mol. The first-order chi connectivity index (χ1) is 11.3. The molecule has 25 heavy (non-hydrogen) atoms. The minimum Gasteiger partial charge on any atom is -0.357 e. The molecule has 1 aromatic rings. The van der Waals surface area contributed by atoms with Crippen LogP contribution in [0.1, 0.15) is 45.6 Å². The number of primary sulfonamides is 1. The second-order valence-corrected chi connectivity index (χ2v) is 7.77. The first-order valence-electron chi connectivity index (χ1n) is 8.47. The van der Waals surface area contributed by atoms with Gasteiger partial charge < -0.3 is 10.6 Å². The molecule has 0 atom stereocenters. The highest BCUT2D eigenvalue weighted by Gasteiger charge is 2.07. The number of aliphatic imine (C=N–C) groups is 1. The van der Waals surface area contributed by atoms with Crippen LogP contribution >= 0.6 is 24.0 Å². The predicted octanol–water partition coefficient (Wildman–Crippen LogP) is 2.83. The fourth-order valence-electron chi connectivity index (χ4n) is 2.22. The molecule has 1 aromatic carbocycles. The number of hydrogen-bond acceptors (Lipinski definition) is 3. The van der Waals surface area contributed by atoms with Crippen LogP contribution < -0.4 is 15.8 Å².